The first-order chi connectivity index (χ1) is 14.5. The summed E-state index contributed by atoms with van der Waals surface area (Å²) in [5.74, 6) is 0.161. The van der Waals surface area contributed by atoms with Crippen LogP contribution in [0.4, 0.5) is 10.2 Å². The molecule has 30 heavy (non-hydrogen) atoms. The number of anilines is 1. The van der Waals surface area contributed by atoms with Gasteiger partial charge in [-0.25, -0.2) is 14.1 Å². The fourth-order valence-corrected chi connectivity index (χ4v) is 3.58. The maximum Gasteiger partial charge on any atom is 0.226 e. The van der Waals surface area contributed by atoms with Crippen LogP contribution in [0.2, 0.25) is 0 Å². The number of benzene rings is 1. The highest BCUT2D eigenvalue weighted by molar-refractivity contribution is 5.79. The number of hydrogen-bond acceptors (Lipinski definition) is 5. The lowest BCUT2D eigenvalue weighted by Crippen LogP contribution is -2.32. The fourth-order valence-electron chi connectivity index (χ4n) is 3.58. The van der Waals surface area contributed by atoms with E-state index in [0.29, 0.717) is 19.6 Å². The first kappa shape index (κ1) is 20.0. The Morgan fingerprint density at radius 1 is 1.23 bits per heavy atom. The molecule has 0 bridgehead atoms. The maximum absolute atomic E-state index is 13.3. The molecule has 1 aromatic carbocycles. The van der Waals surface area contributed by atoms with Gasteiger partial charge in [0.05, 0.1) is 17.3 Å². The normalized spacial score (nSPS) is 18.4. The van der Waals surface area contributed by atoms with Crippen molar-refractivity contribution in [2.45, 2.75) is 19.1 Å². The first-order valence-electron chi connectivity index (χ1n) is 9.84. The molecule has 3 aromatic rings. The number of halogens is 1. The van der Waals surface area contributed by atoms with Crippen LogP contribution in [-0.2, 0) is 16.1 Å². The minimum absolute atomic E-state index is 0.0685. The average molecular weight is 409 g/mol. The van der Waals surface area contributed by atoms with Crippen molar-refractivity contribution in [3.05, 3.63) is 71.9 Å². The van der Waals surface area contributed by atoms with E-state index in [9.17, 15) is 9.18 Å². The number of rotatable bonds is 6. The topological polar surface area (TPSA) is 72.3 Å². The molecule has 1 N–H and O–H groups in total. The van der Waals surface area contributed by atoms with Gasteiger partial charge in [0.15, 0.2) is 0 Å². The molecule has 0 spiro atoms. The van der Waals surface area contributed by atoms with E-state index in [2.05, 4.69) is 15.4 Å². The molecule has 2 aromatic heterocycles. The van der Waals surface area contributed by atoms with Crippen molar-refractivity contribution in [1.82, 2.24) is 20.1 Å². The molecule has 0 aliphatic carbocycles. The van der Waals surface area contributed by atoms with Crippen LogP contribution in [0.3, 0.4) is 0 Å². The molecule has 1 aliphatic heterocycles. The lowest BCUT2D eigenvalue weighted by molar-refractivity contribution is -0.127. The highest BCUT2D eigenvalue weighted by Gasteiger charge is 2.37. The van der Waals surface area contributed by atoms with Crippen molar-refractivity contribution >= 4 is 11.7 Å². The van der Waals surface area contributed by atoms with Crippen molar-refractivity contribution in [2.75, 3.05) is 25.6 Å². The van der Waals surface area contributed by atoms with Gasteiger partial charge in [-0.15, -0.1) is 0 Å². The van der Waals surface area contributed by atoms with Crippen molar-refractivity contribution < 1.29 is 13.9 Å². The van der Waals surface area contributed by atoms with Gasteiger partial charge in [0.25, 0.3) is 0 Å². The van der Waals surface area contributed by atoms with Gasteiger partial charge in [-0.1, -0.05) is 6.07 Å². The molecular weight excluding hydrogens is 385 g/mol. The smallest absolute Gasteiger partial charge is 0.226 e. The molecule has 1 fully saturated rings. The van der Waals surface area contributed by atoms with Gasteiger partial charge in [-0.3, -0.25) is 4.79 Å². The van der Waals surface area contributed by atoms with Gasteiger partial charge in [-0.05, 0) is 48.4 Å². The standard InChI is InChI=1S/C22H24FN5O2/c1-27(2)20-8-3-15(13-24-20)14-25-22(29)18-10-12-30-21(18)19-9-11-26-28(19)17-6-4-16(23)5-7-17/h3-9,11,13,18,21H,10,12,14H2,1-2H3,(H,25,29)/t18-,21-/m0/s1. The van der Waals surface area contributed by atoms with Gasteiger partial charge in [-0.2, -0.15) is 5.10 Å². The van der Waals surface area contributed by atoms with Gasteiger partial charge < -0.3 is 15.0 Å². The van der Waals surface area contributed by atoms with E-state index in [0.717, 1.165) is 22.8 Å². The number of hydrogen-bond donors (Lipinski definition) is 1. The summed E-state index contributed by atoms with van der Waals surface area (Å²) in [7, 11) is 3.86. The van der Waals surface area contributed by atoms with E-state index < -0.39 is 6.10 Å². The number of pyridine rings is 1. The molecule has 3 heterocycles. The second-order valence-corrected chi connectivity index (χ2v) is 7.47. The Balaban J connectivity index is 1.45. The van der Waals surface area contributed by atoms with Gasteiger partial charge >= 0.3 is 0 Å². The summed E-state index contributed by atoms with van der Waals surface area (Å²) in [6.07, 6.45) is 3.64. The maximum atomic E-state index is 13.3. The zero-order chi connectivity index (χ0) is 21.1. The van der Waals surface area contributed by atoms with E-state index in [1.807, 2.05) is 37.2 Å². The van der Waals surface area contributed by atoms with E-state index in [1.165, 1.54) is 12.1 Å². The molecule has 4 rings (SSSR count). The minimum atomic E-state index is -0.410. The number of nitrogens with one attached hydrogen (secondary N) is 1. The second kappa shape index (κ2) is 8.62. The van der Waals surface area contributed by atoms with E-state index in [1.54, 1.807) is 29.2 Å². The number of aromatic nitrogens is 3. The molecular formula is C22H24FN5O2. The van der Waals surface area contributed by atoms with Crippen LogP contribution >= 0.6 is 0 Å². The van der Waals surface area contributed by atoms with Crippen LogP contribution in [0.25, 0.3) is 5.69 Å². The van der Waals surface area contributed by atoms with Crippen LogP contribution in [0.5, 0.6) is 0 Å². The molecule has 7 nitrogen and oxygen atoms in total. The zero-order valence-corrected chi connectivity index (χ0v) is 17.0. The Morgan fingerprint density at radius 3 is 2.73 bits per heavy atom. The third-order valence-corrected chi connectivity index (χ3v) is 5.20. The summed E-state index contributed by atoms with van der Waals surface area (Å²) < 4.78 is 20.9. The summed E-state index contributed by atoms with van der Waals surface area (Å²) >= 11 is 0. The molecule has 0 saturated carbocycles. The number of carbonyl (C=O) groups is 1. The van der Waals surface area contributed by atoms with Crippen LogP contribution in [0.1, 0.15) is 23.8 Å². The minimum Gasteiger partial charge on any atom is -0.371 e. The van der Waals surface area contributed by atoms with Crippen LogP contribution in [0, 0.1) is 11.7 Å². The molecule has 2 atom stereocenters. The second-order valence-electron chi connectivity index (χ2n) is 7.47. The molecule has 1 amide bonds. The van der Waals surface area contributed by atoms with Gasteiger partial charge in [0.2, 0.25) is 5.91 Å². The number of ether oxygens (including phenoxy) is 1. The summed E-state index contributed by atoms with van der Waals surface area (Å²) in [5, 5.41) is 7.34. The largest absolute Gasteiger partial charge is 0.371 e. The van der Waals surface area contributed by atoms with E-state index in [-0.39, 0.29) is 17.6 Å². The van der Waals surface area contributed by atoms with E-state index >= 15 is 0 Å². The molecule has 0 unspecified atom stereocenters. The highest BCUT2D eigenvalue weighted by Crippen LogP contribution is 2.35. The molecule has 8 heteroatoms. The number of nitrogens with zero attached hydrogens (tertiary/aromatic N) is 4. The van der Waals surface area contributed by atoms with Crippen molar-refractivity contribution in [1.29, 1.82) is 0 Å². The lowest BCUT2D eigenvalue weighted by Gasteiger charge is -2.20. The van der Waals surface area contributed by atoms with Crippen molar-refractivity contribution in [3.63, 3.8) is 0 Å². The Hall–Kier alpha value is -3.26. The Kier molecular flexibility index (Phi) is 5.76. The van der Waals surface area contributed by atoms with Gasteiger partial charge in [0, 0.05) is 39.6 Å². The van der Waals surface area contributed by atoms with Crippen LogP contribution in [-0.4, -0.2) is 41.4 Å². The Morgan fingerprint density at radius 2 is 2.03 bits per heavy atom. The monoisotopic (exact) mass is 409 g/mol. The average Bonchev–Trinajstić information content (AvgIpc) is 3.42. The van der Waals surface area contributed by atoms with Crippen molar-refractivity contribution in [3.8, 4) is 5.69 Å². The number of amides is 1. The summed E-state index contributed by atoms with van der Waals surface area (Å²) in [4.78, 5) is 19.2. The third kappa shape index (κ3) is 4.18. The molecule has 156 valence electrons. The van der Waals surface area contributed by atoms with Crippen molar-refractivity contribution in [2.24, 2.45) is 5.92 Å². The molecule has 1 aliphatic rings. The fraction of sp³-hybridized carbons (Fsp3) is 0.318. The predicted octanol–water partition coefficient (Wildman–Crippen LogP) is 2.87. The molecule has 1 saturated heterocycles. The van der Waals surface area contributed by atoms with E-state index in [4.69, 9.17) is 4.74 Å². The Bertz CT molecular complexity index is 1000. The first-order valence-corrected chi connectivity index (χ1v) is 9.84. The Labute approximate surface area is 174 Å². The summed E-state index contributed by atoms with van der Waals surface area (Å²) in [6.45, 7) is 0.899. The summed E-state index contributed by atoms with van der Waals surface area (Å²) in [5.41, 5.74) is 2.43. The zero-order valence-electron chi connectivity index (χ0n) is 17.0. The van der Waals surface area contributed by atoms with Crippen LogP contribution < -0.4 is 10.2 Å². The third-order valence-electron chi connectivity index (χ3n) is 5.20. The quantitative estimate of drug-likeness (QED) is 0.678. The predicted molar refractivity (Wildman–Crippen MR) is 111 cm³/mol. The SMILES string of the molecule is CN(C)c1ccc(CNC(=O)[C@H]2CCO[C@@H]2c2ccnn2-c2ccc(F)cc2)cn1. The van der Waals surface area contributed by atoms with Crippen LogP contribution in [0.15, 0.2) is 54.9 Å². The lowest BCUT2D eigenvalue weighted by atomic mass is 9.97. The molecule has 0 radical (unpaired) electrons. The highest BCUT2D eigenvalue weighted by atomic mass is 19.1. The van der Waals surface area contributed by atoms with Gasteiger partial charge in [0.1, 0.15) is 17.7 Å². The summed E-state index contributed by atoms with van der Waals surface area (Å²) in [6, 6.07) is 11.8. The number of carbonyl (C=O) groups excluding carboxylic acids is 1.